The minimum Gasteiger partial charge on any atom is -0.326 e. The summed E-state index contributed by atoms with van der Waals surface area (Å²) in [6, 6.07) is 5.82. The van der Waals surface area contributed by atoms with Gasteiger partial charge in [0.05, 0.1) is 0 Å². The molecular weight excluding hydrogens is 578 g/mol. The molecule has 2 atom stereocenters. The van der Waals surface area contributed by atoms with E-state index >= 15 is 0 Å². The highest BCUT2D eigenvalue weighted by atomic mass is 16.2. The molecule has 0 aliphatic carbocycles. The van der Waals surface area contributed by atoms with Gasteiger partial charge in [0, 0.05) is 62.3 Å². The first-order chi connectivity index (χ1) is 21.2. The number of hydrogen-bond acceptors (Lipinski definition) is 8. The summed E-state index contributed by atoms with van der Waals surface area (Å²) in [7, 11) is 0. The second kappa shape index (κ2) is 17.1. The number of rotatable bonds is 15. The molecule has 2 aliphatic rings. The molecule has 11 nitrogen and oxygen atoms in total. The summed E-state index contributed by atoms with van der Waals surface area (Å²) in [4.78, 5) is 91.3. The van der Waals surface area contributed by atoms with E-state index in [1.807, 2.05) is 18.2 Å². The molecule has 0 saturated heterocycles. The van der Waals surface area contributed by atoms with E-state index in [0.717, 1.165) is 28.2 Å². The van der Waals surface area contributed by atoms with E-state index in [2.05, 4.69) is 39.9 Å². The second-order valence-corrected chi connectivity index (χ2v) is 12.7. The van der Waals surface area contributed by atoms with Gasteiger partial charge in [0.1, 0.15) is 5.78 Å². The maximum absolute atomic E-state index is 12.9. The van der Waals surface area contributed by atoms with Crippen molar-refractivity contribution in [2.45, 2.75) is 79.6 Å². The fraction of sp³-hybridized carbons (Fsp3) is 0.500. The Labute approximate surface area is 264 Å². The molecule has 0 aromatic heterocycles. The molecule has 2 heterocycles. The van der Waals surface area contributed by atoms with Crippen LogP contribution < -0.4 is 5.32 Å². The Bertz CT molecular complexity index is 1350. The lowest BCUT2D eigenvalue weighted by Gasteiger charge is -2.29. The van der Waals surface area contributed by atoms with Crippen LogP contribution in [0.5, 0.6) is 0 Å². The summed E-state index contributed by atoms with van der Waals surface area (Å²) < 4.78 is 0. The van der Waals surface area contributed by atoms with E-state index in [-0.39, 0.29) is 79.2 Å². The maximum atomic E-state index is 12.9. The van der Waals surface area contributed by atoms with E-state index < -0.39 is 0 Å². The largest absolute Gasteiger partial charge is 0.373 e. The topological polar surface area (TPSA) is 155 Å². The van der Waals surface area contributed by atoms with Crippen LogP contribution in [-0.2, 0) is 51.2 Å². The molecule has 45 heavy (non-hydrogen) atoms. The first-order valence-electron chi connectivity index (χ1n) is 15.2. The van der Waals surface area contributed by atoms with Crippen molar-refractivity contribution in [2.24, 2.45) is 17.3 Å². The molecule has 3 rings (SSSR count). The minimum absolute atomic E-state index is 0.0590. The van der Waals surface area contributed by atoms with Gasteiger partial charge in [-0.05, 0) is 60.1 Å². The van der Waals surface area contributed by atoms with Gasteiger partial charge in [0.25, 0.3) is 23.6 Å². The number of amides is 5. The SMILES string of the molecule is CC(C[C@@H](C)Cc1ccc(CC(=O)CCCN2C(=O)C=CC2=O)c(NC(=O)CCCN2C(=O)C=CC2=O)c1)C(C)(C)C.O=C=O. The predicted octanol–water partition coefficient (Wildman–Crippen LogP) is 3.81. The van der Waals surface area contributed by atoms with Gasteiger partial charge in [-0.1, -0.05) is 46.8 Å². The highest BCUT2D eigenvalue weighted by Gasteiger charge is 2.25. The number of nitrogens with zero attached hydrogens (tertiary/aromatic N) is 2. The summed E-state index contributed by atoms with van der Waals surface area (Å²) in [5.74, 6) is -0.850. The Morgan fingerprint density at radius 2 is 1.31 bits per heavy atom. The van der Waals surface area contributed by atoms with Gasteiger partial charge in [-0.3, -0.25) is 38.6 Å². The molecule has 0 radical (unpaired) electrons. The van der Waals surface area contributed by atoms with Crippen molar-refractivity contribution in [3.8, 4) is 0 Å². The van der Waals surface area contributed by atoms with E-state index in [1.165, 1.54) is 24.3 Å². The first-order valence-corrected chi connectivity index (χ1v) is 15.2. The van der Waals surface area contributed by atoms with Gasteiger partial charge in [0.2, 0.25) is 5.91 Å². The van der Waals surface area contributed by atoms with Crippen LogP contribution in [0.15, 0.2) is 42.5 Å². The molecule has 0 spiro atoms. The summed E-state index contributed by atoms with van der Waals surface area (Å²) in [6.07, 6.45) is 8.13. The molecule has 0 fully saturated rings. The van der Waals surface area contributed by atoms with Crippen molar-refractivity contribution in [1.82, 2.24) is 9.80 Å². The Balaban J connectivity index is 0.00000226. The minimum atomic E-state index is -0.376. The Kier molecular flexibility index (Phi) is 13.9. The molecule has 0 bridgehead atoms. The zero-order chi connectivity index (χ0) is 33.7. The molecule has 2 aliphatic heterocycles. The normalized spacial score (nSPS) is 15.6. The summed E-state index contributed by atoms with van der Waals surface area (Å²) in [5, 5.41) is 2.95. The van der Waals surface area contributed by atoms with E-state index in [0.29, 0.717) is 35.9 Å². The number of Topliss-reactive ketones (excluding diaryl/α,β-unsaturated/α-hetero) is 1. The Morgan fingerprint density at radius 1 is 0.822 bits per heavy atom. The zero-order valence-electron chi connectivity index (χ0n) is 26.7. The monoisotopic (exact) mass is 621 g/mol. The molecule has 1 aromatic carbocycles. The van der Waals surface area contributed by atoms with Crippen molar-refractivity contribution < 1.29 is 38.4 Å². The standard InChI is InChI=1S/C33H43N3O6.CO2/c1-22(18-23(2)33(3,4)5)19-24-10-11-25(21-26(37)8-6-16-35-29(39)12-13-30(35)40)27(20-24)34-28(38)9-7-17-36-31(41)14-15-32(36)42;2-1-3/h10-15,20,22-23H,6-9,16-19,21H2,1-5H3,(H,34,38);/t22-,23?;/m1./s1. The van der Waals surface area contributed by atoms with Gasteiger partial charge in [0.15, 0.2) is 0 Å². The van der Waals surface area contributed by atoms with E-state index in [4.69, 9.17) is 9.59 Å². The molecule has 1 unspecified atom stereocenters. The number of carbonyl (C=O) groups is 6. The van der Waals surface area contributed by atoms with Crippen LogP contribution in [0.25, 0.3) is 0 Å². The van der Waals surface area contributed by atoms with Gasteiger partial charge >= 0.3 is 6.15 Å². The number of imide groups is 2. The van der Waals surface area contributed by atoms with Crippen LogP contribution in [0.1, 0.15) is 77.8 Å². The first kappa shape index (κ1) is 36.7. The van der Waals surface area contributed by atoms with Gasteiger partial charge in [-0.25, -0.2) is 0 Å². The smallest absolute Gasteiger partial charge is 0.326 e. The quantitative estimate of drug-likeness (QED) is 0.290. The average Bonchev–Trinajstić information content (AvgIpc) is 3.44. The van der Waals surface area contributed by atoms with Crippen LogP contribution in [0.4, 0.5) is 5.69 Å². The highest BCUT2D eigenvalue weighted by Crippen LogP contribution is 2.32. The average molecular weight is 622 g/mol. The number of carbonyl (C=O) groups excluding carboxylic acids is 8. The third-order valence-corrected chi connectivity index (χ3v) is 8.08. The Hall–Kier alpha value is -4.50. The highest BCUT2D eigenvalue weighted by molar-refractivity contribution is 6.13. The number of benzene rings is 1. The van der Waals surface area contributed by atoms with Crippen molar-refractivity contribution >= 4 is 47.2 Å². The van der Waals surface area contributed by atoms with E-state index in [1.54, 1.807) is 0 Å². The molecule has 242 valence electrons. The molecule has 5 amide bonds. The molecular formula is C34H43N3O8. The van der Waals surface area contributed by atoms with Crippen LogP contribution in [0.2, 0.25) is 0 Å². The predicted molar refractivity (Wildman–Crippen MR) is 165 cm³/mol. The van der Waals surface area contributed by atoms with Gasteiger partial charge in [-0.15, -0.1) is 0 Å². The fourth-order valence-corrected chi connectivity index (χ4v) is 5.11. The number of anilines is 1. The van der Waals surface area contributed by atoms with Crippen LogP contribution in [0, 0.1) is 17.3 Å². The van der Waals surface area contributed by atoms with Crippen molar-refractivity contribution in [2.75, 3.05) is 18.4 Å². The molecule has 11 heteroatoms. The molecule has 1 aromatic rings. The number of nitrogens with one attached hydrogen (secondary N) is 1. The lowest BCUT2D eigenvalue weighted by atomic mass is 9.76. The third kappa shape index (κ3) is 11.8. The van der Waals surface area contributed by atoms with Crippen molar-refractivity contribution in [3.05, 3.63) is 53.6 Å². The fourth-order valence-electron chi connectivity index (χ4n) is 5.11. The van der Waals surface area contributed by atoms with Crippen molar-refractivity contribution in [1.29, 1.82) is 0 Å². The number of hydrogen-bond donors (Lipinski definition) is 1. The van der Waals surface area contributed by atoms with Gasteiger partial charge in [-0.2, -0.15) is 9.59 Å². The molecule has 0 saturated carbocycles. The summed E-state index contributed by atoms with van der Waals surface area (Å²) in [6.45, 7) is 11.6. The van der Waals surface area contributed by atoms with Crippen LogP contribution in [0.3, 0.4) is 0 Å². The zero-order valence-corrected chi connectivity index (χ0v) is 26.7. The summed E-state index contributed by atoms with van der Waals surface area (Å²) >= 11 is 0. The Morgan fingerprint density at radius 3 is 1.80 bits per heavy atom. The van der Waals surface area contributed by atoms with Crippen LogP contribution >= 0.6 is 0 Å². The second-order valence-electron chi connectivity index (χ2n) is 12.7. The van der Waals surface area contributed by atoms with Crippen molar-refractivity contribution in [3.63, 3.8) is 0 Å². The maximum Gasteiger partial charge on any atom is 0.373 e. The lowest BCUT2D eigenvalue weighted by Crippen LogP contribution is -2.31. The third-order valence-electron chi connectivity index (χ3n) is 8.08. The lowest BCUT2D eigenvalue weighted by molar-refractivity contribution is -0.191. The molecule has 1 N–H and O–H groups in total. The number of ketones is 1. The van der Waals surface area contributed by atoms with Crippen LogP contribution in [-0.4, -0.2) is 64.4 Å². The summed E-state index contributed by atoms with van der Waals surface area (Å²) in [5.41, 5.74) is 2.54. The van der Waals surface area contributed by atoms with Gasteiger partial charge < -0.3 is 5.32 Å². The van der Waals surface area contributed by atoms with E-state index in [9.17, 15) is 28.8 Å².